The number of rotatable bonds is 5. The Hall–Kier alpha value is -2.56. The summed E-state index contributed by atoms with van der Waals surface area (Å²) in [5, 5.41) is 15.6. The second kappa shape index (κ2) is 7.55. The molecule has 3 aromatic carbocycles. The first-order chi connectivity index (χ1) is 12.0. The lowest BCUT2D eigenvalue weighted by molar-refractivity contribution is -0.117. The normalized spacial score (nSPS) is 11.0. The molecule has 0 unspecified atom stereocenters. The number of amides is 1. The van der Waals surface area contributed by atoms with Crippen molar-refractivity contribution in [3.8, 4) is 5.75 Å². The molecule has 3 aromatic rings. The maximum Gasteiger partial charge on any atom is 0.238 e. The molecule has 0 aromatic heterocycles. The molecule has 0 aliphatic heterocycles. The van der Waals surface area contributed by atoms with Crippen LogP contribution in [0.2, 0.25) is 5.02 Å². The van der Waals surface area contributed by atoms with Crippen LogP contribution in [0.1, 0.15) is 5.56 Å². The van der Waals surface area contributed by atoms with E-state index >= 15 is 0 Å². The molecule has 2 N–H and O–H groups in total. The number of carbonyl (C=O) groups is 1. The lowest BCUT2D eigenvalue weighted by atomic mass is 10.0. The van der Waals surface area contributed by atoms with Crippen LogP contribution in [0.5, 0.6) is 5.75 Å². The molecule has 3 rings (SSSR count). The van der Waals surface area contributed by atoms with Gasteiger partial charge in [0, 0.05) is 12.1 Å². The summed E-state index contributed by atoms with van der Waals surface area (Å²) in [5.74, 6) is 0.0763. The minimum Gasteiger partial charge on any atom is -0.508 e. The van der Waals surface area contributed by atoms with Crippen molar-refractivity contribution in [2.75, 3.05) is 18.9 Å². The van der Waals surface area contributed by atoms with E-state index in [0.29, 0.717) is 17.3 Å². The van der Waals surface area contributed by atoms with Gasteiger partial charge in [-0.05, 0) is 36.0 Å². The van der Waals surface area contributed by atoms with E-state index in [1.807, 2.05) is 54.4 Å². The lowest BCUT2D eigenvalue weighted by Crippen LogP contribution is -2.30. The highest BCUT2D eigenvalue weighted by Gasteiger charge is 2.13. The van der Waals surface area contributed by atoms with Crippen LogP contribution in [0.4, 0.5) is 5.69 Å². The molecule has 0 atom stereocenters. The van der Waals surface area contributed by atoms with Crippen LogP contribution in [0.15, 0.2) is 60.7 Å². The molecule has 0 aliphatic rings. The number of nitrogens with one attached hydrogen (secondary N) is 1. The summed E-state index contributed by atoms with van der Waals surface area (Å²) in [6.07, 6.45) is 0. The van der Waals surface area contributed by atoms with Crippen molar-refractivity contribution in [2.45, 2.75) is 6.54 Å². The molecular formula is C20H19ClN2O2. The molecule has 0 saturated heterocycles. The Balaban J connectivity index is 1.71. The number of halogens is 1. The fourth-order valence-electron chi connectivity index (χ4n) is 2.81. The van der Waals surface area contributed by atoms with Gasteiger partial charge < -0.3 is 10.4 Å². The Morgan fingerprint density at radius 2 is 1.80 bits per heavy atom. The first kappa shape index (κ1) is 17.3. The summed E-state index contributed by atoms with van der Waals surface area (Å²) in [5.41, 5.74) is 1.40. The molecule has 0 aliphatic carbocycles. The van der Waals surface area contributed by atoms with Crippen LogP contribution in [-0.4, -0.2) is 29.5 Å². The zero-order valence-corrected chi connectivity index (χ0v) is 14.6. The quantitative estimate of drug-likeness (QED) is 0.719. The summed E-state index contributed by atoms with van der Waals surface area (Å²) < 4.78 is 0. The Morgan fingerprint density at radius 3 is 2.60 bits per heavy atom. The standard InChI is InChI=1S/C20H19ClN2O2/c1-23(13-20(25)22-18-9-5-4-8-17(18)21)12-16-15-7-3-2-6-14(15)10-11-19(16)24/h2-11,24H,12-13H2,1H3,(H,22,25). The number of phenolic OH excluding ortho intramolecular Hbond substituents is 1. The van der Waals surface area contributed by atoms with E-state index in [2.05, 4.69) is 5.32 Å². The number of hydrogen-bond acceptors (Lipinski definition) is 3. The van der Waals surface area contributed by atoms with Gasteiger partial charge in [0.1, 0.15) is 5.75 Å². The molecule has 25 heavy (non-hydrogen) atoms. The van der Waals surface area contributed by atoms with E-state index in [1.165, 1.54) is 0 Å². The summed E-state index contributed by atoms with van der Waals surface area (Å²) in [6, 6.07) is 18.6. The number of anilines is 1. The average molecular weight is 355 g/mol. The Kier molecular flexibility index (Phi) is 5.22. The van der Waals surface area contributed by atoms with E-state index in [4.69, 9.17) is 11.6 Å². The maximum atomic E-state index is 12.2. The van der Waals surface area contributed by atoms with E-state index in [0.717, 1.165) is 16.3 Å². The van der Waals surface area contributed by atoms with Gasteiger partial charge in [0.25, 0.3) is 0 Å². The lowest BCUT2D eigenvalue weighted by Gasteiger charge is -2.18. The number of phenols is 1. The molecule has 0 heterocycles. The third kappa shape index (κ3) is 4.10. The average Bonchev–Trinajstić information content (AvgIpc) is 2.59. The van der Waals surface area contributed by atoms with Crippen molar-refractivity contribution in [1.29, 1.82) is 0 Å². The second-order valence-electron chi connectivity index (χ2n) is 5.98. The molecule has 128 valence electrons. The third-order valence-corrected chi connectivity index (χ3v) is 4.33. The van der Waals surface area contributed by atoms with Gasteiger partial charge in [-0.1, -0.05) is 54.1 Å². The number of fused-ring (bicyclic) bond motifs is 1. The highest BCUT2D eigenvalue weighted by molar-refractivity contribution is 6.33. The minimum atomic E-state index is -0.157. The monoisotopic (exact) mass is 354 g/mol. The van der Waals surface area contributed by atoms with Crippen LogP contribution in [0.3, 0.4) is 0 Å². The second-order valence-corrected chi connectivity index (χ2v) is 6.39. The van der Waals surface area contributed by atoms with Gasteiger partial charge in [-0.2, -0.15) is 0 Å². The molecule has 0 radical (unpaired) electrons. The number of aromatic hydroxyl groups is 1. The Bertz CT molecular complexity index is 911. The topological polar surface area (TPSA) is 52.6 Å². The van der Waals surface area contributed by atoms with Crippen molar-refractivity contribution < 1.29 is 9.90 Å². The predicted octanol–water partition coefficient (Wildman–Crippen LogP) is 4.27. The minimum absolute atomic E-state index is 0.157. The zero-order valence-electron chi connectivity index (χ0n) is 13.9. The SMILES string of the molecule is CN(CC(=O)Nc1ccccc1Cl)Cc1c(O)ccc2ccccc12. The number of benzene rings is 3. The van der Waals surface area contributed by atoms with Gasteiger partial charge in [-0.3, -0.25) is 9.69 Å². The van der Waals surface area contributed by atoms with Crippen LogP contribution in [0, 0.1) is 0 Å². The maximum absolute atomic E-state index is 12.2. The molecule has 1 amide bonds. The fourth-order valence-corrected chi connectivity index (χ4v) is 3.00. The predicted molar refractivity (Wildman–Crippen MR) is 102 cm³/mol. The summed E-state index contributed by atoms with van der Waals surface area (Å²) in [6.45, 7) is 0.650. The highest BCUT2D eigenvalue weighted by atomic mass is 35.5. The summed E-state index contributed by atoms with van der Waals surface area (Å²) in [4.78, 5) is 14.1. The van der Waals surface area contributed by atoms with Crippen molar-refractivity contribution in [1.82, 2.24) is 4.90 Å². The number of para-hydroxylation sites is 1. The van der Waals surface area contributed by atoms with Crippen molar-refractivity contribution in [2.24, 2.45) is 0 Å². The van der Waals surface area contributed by atoms with Crippen molar-refractivity contribution >= 4 is 34.0 Å². The van der Waals surface area contributed by atoms with Crippen molar-refractivity contribution in [3.63, 3.8) is 0 Å². The van der Waals surface area contributed by atoms with Gasteiger partial charge in [0.2, 0.25) is 5.91 Å². The van der Waals surface area contributed by atoms with Gasteiger partial charge >= 0.3 is 0 Å². The largest absolute Gasteiger partial charge is 0.508 e. The van der Waals surface area contributed by atoms with Crippen LogP contribution in [0.25, 0.3) is 10.8 Å². The van der Waals surface area contributed by atoms with Gasteiger partial charge in [-0.25, -0.2) is 0 Å². The molecule has 0 saturated carbocycles. The Labute approximate surface area is 151 Å². The number of carbonyl (C=O) groups excluding carboxylic acids is 1. The molecule has 0 bridgehead atoms. The first-order valence-corrected chi connectivity index (χ1v) is 8.35. The smallest absolute Gasteiger partial charge is 0.238 e. The van der Waals surface area contributed by atoms with Crippen LogP contribution in [-0.2, 0) is 11.3 Å². The zero-order chi connectivity index (χ0) is 17.8. The van der Waals surface area contributed by atoms with Crippen molar-refractivity contribution in [3.05, 3.63) is 71.2 Å². The summed E-state index contributed by atoms with van der Waals surface area (Å²) in [7, 11) is 1.84. The third-order valence-electron chi connectivity index (χ3n) is 4.01. The number of hydrogen-bond donors (Lipinski definition) is 2. The number of likely N-dealkylation sites (N-methyl/N-ethyl adjacent to an activating group) is 1. The molecule has 0 spiro atoms. The van der Waals surface area contributed by atoms with Gasteiger partial charge in [0.05, 0.1) is 17.3 Å². The van der Waals surface area contributed by atoms with Gasteiger partial charge in [0.15, 0.2) is 0 Å². The van der Waals surface area contributed by atoms with E-state index in [9.17, 15) is 9.90 Å². The van der Waals surface area contributed by atoms with Crippen LogP contribution < -0.4 is 5.32 Å². The fraction of sp³-hybridized carbons (Fsp3) is 0.150. The molecule has 4 nitrogen and oxygen atoms in total. The van der Waals surface area contributed by atoms with Gasteiger partial charge in [-0.15, -0.1) is 0 Å². The summed E-state index contributed by atoms with van der Waals surface area (Å²) >= 11 is 6.06. The van der Waals surface area contributed by atoms with E-state index in [1.54, 1.807) is 18.2 Å². The van der Waals surface area contributed by atoms with E-state index in [-0.39, 0.29) is 18.2 Å². The molecule has 0 fully saturated rings. The Morgan fingerprint density at radius 1 is 1.08 bits per heavy atom. The first-order valence-electron chi connectivity index (χ1n) is 7.97. The number of nitrogens with zero attached hydrogens (tertiary/aromatic N) is 1. The molecular weight excluding hydrogens is 336 g/mol. The van der Waals surface area contributed by atoms with E-state index < -0.39 is 0 Å². The molecule has 5 heteroatoms. The highest BCUT2D eigenvalue weighted by Crippen LogP contribution is 2.28. The van der Waals surface area contributed by atoms with Crippen LogP contribution >= 0.6 is 11.6 Å².